The molecule has 0 aliphatic carbocycles. The molecule has 0 amide bonds. The number of thioether (sulfide) groups is 1. The molecule has 0 N–H and O–H groups in total. The summed E-state index contributed by atoms with van der Waals surface area (Å²) in [6, 6.07) is 6.42. The molecule has 14 heavy (non-hydrogen) atoms. The van der Waals surface area contributed by atoms with E-state index in [1.54, 1.807) is 23.1 Å². The van der Waals surface area contributed by atoms with Crippen LogP contribution in [0.25, 0.3) is 10.1 Å². The third-order valence-electron chi connectivity index (χ3n) is 2.00. The Morgan fingerprint density at radius 3 is 2.93 bits per heavy atom. The molecule has 4 heteroatoms. The van der Waals surface area contributed by atoms with Gasteiger partial charge in [-0.05, 0) is 40.4 Å². The van der Waals surface area contributed by atoms with E-state index in [9.17, 15) is 0 Å². The van der Waals surface area contributed by atoms with E-state index in [4.69, 9.17) is 11.6 Å². The molecule has 0 saturated heterocycles. The maximum atomic E-state index is 5.83. The number of hydrogen-bond donors (Lipinski definition) is 0. The van der Waals surface area contributed by atoms with E-state index in [-0.39, 0.29) is 0 Å². The van der Waals surface area contributed by atoms with Crippen molar-refractivity contribution in [1.82, 2.24) is 0 Å². The number of thiophene rings is 1. The van der Waals surface area contributed by atoms with Gasteiger partial charge in [0.25, 0.3) is 0 Å². The van der Waals surface area contributed by atoms with Crippen molar-refractivity contribution in [3.05, 3.63) is 27.5 Å². The van der Waals surface area contributed by atoms with Crippen molar-refractivity contribution in [2.45, 2.75) is 10.8 Å². The molecular weight excluding hydrogens is 300 g/mol. The van der Waals surface area contributed by atoms with E-state index < -0.39 is 0 Å². The molecule has 1 heterocycles. The molecule has 74 valence electrons. The van der Waals surface area contributed by atoms with Crippen molar-refractivity contribution < 1.29 is 0 Å². The summed E-state index contributed by atoms with van der Waals surface area (Å²) in [6.07, 6.45) is 2.10. The van der Waals surface area contributed by atoms with Crippen molar-refractivity contribution in [3.63, 3.8) is 0 Å². The Morgan fingerprint density at radius 1 is 1.50 bits per heavy atom. The zero-order valence-electron chi connectivity index (χ0n) is 7.51. The van der Waals surface area contributed by atoms with Crippen molar-refractivity contribution in [3.8, 4) is 0 Å². The SMILES string of the molecule is CSc1ccc(Br)c2sc(CCl)cc12. The molecule has 0 unspecified atom stereocenters. The Balaban J connectivity index is 2.74. The summed E-state index contributed by atoms with van der Waals surface area (Å²) in [7, 11) is 0. The first-order valence-electron chi connectivity index (χ1n) is 4.07. The smallest absolute Gasteiger partial charge is 0.0568 e. The minimum atomic E-state index is 0.597. The van der Waals surface area contributed by atoms with Crippen LogP contribution in [-0.2, 0) is 5.88 Å². The maximum Gasteiger partial charge on any atom is 0.0568 e. The number of alkyl halides is 1. The molecule has 0 saturated carbocycles. The zero-order valence-corrected chi connectivity index (χ0v) is 11.5. The van der Waals surface area contributed by atoms with Gasteiger partial charge in [0.15, 0.2) is 0 Å². The fourth-order valence-corrected chi connectivity index (χ4v) is 3.78. The molecule has 0 fully saturated rings. The predicted octanol–water partition coefficient (Wildman–Crippen LogP) is 5.12. The molecule has 1 aromatic carbocycles. The van der Waals surface area contributed by atoms with Gasteiger partial charge in [0.2, 0.25) is 0 Å². The number of rotatable bonds is 2. The summed E-state index contributed by atoms with van der Waals surface area (Å²) in [5.41, 5.74) is 0. The van der Waals surface area contributed by atoms with E-state index in [1.165, 1.54) is 19.9 Å². The quantitative estimate of drug-likeness (QED) is 0.548. The first-order chi connectivity index (χ1) is 6.76. The monoisotopic (exact) mass is 306 g/mol. The van der Waals surface area contributed by atoms with E-state index >= 15 is 0 Å². The highest BCUT2D eigenvalue weighted by molar-refractivity contribution is 9.10. The Kier molecular flexibility index (Phi) is 3.42. The molecular formula is C10H8BrClS2. The highest BCUT2D eigenvalue weighted by atomic mass is 79.9. The Hall–Kier alpha value is 0.300. The summed E-state index contributed by atoms with van der Waals surface area (Å²) in [6.45, 7) is 0. The third kappa shape index (κ3) is 1.83. The number of benzene rings is 1. The second-order valence-electron chi connectivity index (χ2n) is 2.84. The standard InChI is InChI=1S/C10H8BrClS2/c1-13-9-3-2-8(11)10-7(9)4-6(5-12)14-10/h2-4H,5H2,1H3. The molecule has 0 bridgehead atoms. The lowest BCUT2D eigenvalue weighted by molar-refractivity contribution is 1.51. The Morgan fingerprint density at radius 2 is 2.29 bits per heavy atom. The molecule has 0 spiro atoms. The lowest BCUT2D eigenvalue weighted by atomic mass is 10.2. The van der Waals surface area contributed by atoms with Crippen molar-refractivity contribution in [2.24, 2.45) is 0 Å². The maximum absolute atomic E-state index is 5.83. The number of fused-ring (bicyclic) bond motifs is 1. The average molecular weight is 308 g/mol. The van der Waals surface area contributed by atoms with Crippen LogP contribution in [0.5, 0.6) is 0 Å². The molecule has 0 atom stereocenters. The van der Waals surface area contributed by atoms with Gasteiger partial charge in [-0.25, -0.2) is 0 Å². The van der Waals surface area contributed by atoms with Gasteiger partial charge in [-0.3, -0.25) is 0 Å². The van der Waals surface area contributed by atoms with Gasteiger partial charge >= 0.3 is 0 Å². The van der Waals surface area contributed by atoms with E-state index in [2.05, 4.69) is 40.4 Å². The Labute approximate surface area is 105 Å². The molecule has 0 aliphatic heterocycles. The lowest BCUT2D eigenvalue weighted by Crippen LogP contribution is -1.72. The van der Waals surface area contributed by atoms with Gasteiger partial charge in [-0.2, -0.15) is 0 Å². The van der Waals surface area contributed by atoms with Crippen molar-refractivity contribution in [2.75, 3.05) is 6.26 Å². The summed E-state index contributed by atoms with van der Waals surface area (Å²) < 4.78 is 2.46. The third-order valence-corrected chi connectivity index (χ3v) is 5.33. The van der Waals surface area contributed by atoms with Gasteiger partial charge in [-0.15, -0.1) is 34.7 Å². The van der Waals surface area contributed by atoms with E-state index in [0.29, 0.717) is 5.88 Å². The molecule has 0 aliphatic rings. The van der Waals surface area contributed by atoms with Crippen LogP contribution in [0, 0.1) is 0 Å². The highest BCUT2D eigenvalue weighted by Crippen LogP contribution is 2.37. The zero-order chi connectivity index (χ0) is 10.1. The topological polar surface area (TPSA) is 0 Å². The van der Waals surface area contributed by atoms with Gasteiger partial charge in [0, 0.05) is 24.3 Å². The summed E-state index contributed by atoms with van der Waals surface area (Å²) in [5.74, 6) is 0.597. The number of halogens is 2. The average Bonchev–Trinajstić information content (AvgIpc) is 2.63. The molecule has 2 aromatic rings. The first kappa shape index (κ1) is 10.8. The first-order valence-corrected chi connectivity index (χ1v) is 7.44. The van der Waals surface area contributed by atoms with Crippen LogP contribution in [-0.4, -0.2) is 6.26 Å². The fourth-order valence-electron chi connectivity index (χ4n) is 1.36. The molecule has 2 rings (SSSR count). The lowest BCUT2D eigenvalue weighted by Gasteiger charge is -1.99. The van der Waals surface area contributed by atoms with E-state index in [0.717, 1.165) is 4.47 Å². The van der Waals surface area contributed by atoms with Gasteiger partial charge in [0.05, 0.1) is 5.88 Å². The summed E-state index contributed by atoms with van der Waals surface area (Å²) in [4.78, 5) is 2.54. The van der Waals surface area contributed by atoms with E-state index in [1.807, 2.05) is 0 Å². The second kappa shape index (κ2) is 4.44. The Bertz CT molecular complexity index is 464. The summed E-state index contributed by atoms with van der Waals surface area (Å²) >= 11 is 12.9. The fraction of sp³-hybridized carbons (Fsp3) is 0.200. The molecule has 1 aromatic heterocycles. The second-order valence-corrected chi connectivity index (χ2v) is 5.95. The minimum absolute atomic E-state index is 0.597. The van der Waals surface area contributed by atoms with Gasteiger partial charge < -0.3 is 0 Å². The van der Waals surface area contributed by atoms with Crippen LogP contribution in [0.2, 0.25) is 0 Å². The van der Waals surface area contributed by atoms with Crippen molar-refractivity contribution >= 4 is 60.7 Å². The largest absolute Gasteiger partial charge is 0.138 e. The molecule has 0 radical (unpaired) electrons. The van der Waals surface area contributed by atoms with Crippen LogP contribution >= 0.6 is 50.6 Å². The summed E-state index contributed by atoms with van der Waals surface area (Å²) in [5, 5.41) is 1.31. The van der Waals surface area contributed by atoms with Crippen LogP contribution in [0.3, 0.4) is 0 Å². The van der Waals surface area contributed by atoms with Gasteiger partial charge in [0.1, 0.15) is 0 Å². The van der Waals surface area contributed by atoms with Crippen LogP contribution in [0.1, 0.15) is 4.88 Å². The minimum Gasteiger partial charge on any atom is -0.138 e. The van der Waals surface area contributed by atoms with Crippen LogP contribution in [0.4, 0.5) is 0 Å². The molecule has 0 nitrogen and oxygen atoms in total. The predicted molar refractivity (Wildman–Crippen MR) is 70.9 cm³/mol. The van der Waals surface area contributed by atoms with Crippen molar-refractivity contribution in [1.29, 1.82) is 0 Å². The highest BCUT2D eigenvalue weighted by Gasteiger charge is 2.08. The van der Waals surface area contributed by atoms with Gasteiger partial charge in [-0.1, -0.05) is 0 Å². The normalized spacial score (nSPS) is 11.1. The van der Waals surface area contributed by atoms with Crippen LogP contribution < -0.4 is 0 Å². The number of hydrogen-bond acceptors (Lipinski definition) is 2. The van der Waals surface area contributed by atoms with Crippen LogP contribution in [0.15, 0.2) is 27.6 Å².